The summed E-state index contributed by atoms with van der Waals surface area (Å²) < 4.78 is 57.0. The van der Waals surface area contributed by atoms with E-state index in [1.165, 1.54) is 24.3 Å². The van der Waals surface area contributed by atoms with E-state index in [2.05, 4.69) is 0 Å². The van der Waals surface area contributed by atoms with Crippen molar-refractivity contribution in [3.05, 3.63) is 58.7 Å². The molecule has 2 rings (SSSR count). The molecule has 0 aromatic heterocycles. The molecule has 0 heterocycles. The molecule has 0 aliphatic rings. The van der Waals surface area contributed by atoms with E-state index >= 15 is 0 Å². The highest BCUT2D eigenvalue weighted by molar-refractivity contribution is 5.66. The quantitative estimate of drug-likeness (QED) is 0.366. The van der Waals surface area contributed by atoms with Crippen LogP contribution in [0.4, 0.5) is 17.6 Å². The lowest BCUT2D eigenvalue weighted by Gasteiger charge is -2.12. The van der Waals surface area contributed by atoms with Gasteiger partial charge in [-0.3, -0.25) is 0 Å². The van der Waals surface area contributed by atoms with Crippen LogP contribution >= 0.6 is 0 Å². The Morgan fingerprint density at radius 1 is 0.833 bits per heavy atom. The number of hydrogen-bond donors (Lipinski definition) is 0. The van der Waals surface area contributed by atoms with Crippen molar-refractivity contribution in [2.24, 2.45) is 0 Å². The van der Waals surface area contributed by atoms with E-state index in [1.54, 1.807) is 0 Å². The fourth-order valence-electron chi connectivity index (χ4n) is 2.59. The molecule has 0 aliphatic heterocycles. The van der Waals surface area contributed by atoms with E-state index < -0.39 is 34.4 Å². The molecule has 0 atom stereocenters. The summed E-state index contributed by atoms with van der Waals surface area (Å²) in [4.78, 5) is 0. The van der Waals surface area contributed by atoms with Gasteiger partial charge in [-0.15, -0.1) is 0 Å². The van der Waals surface area contributed by atoms with Crippen LogP contribution in [0.5, 0.6) is 0 Å². The third-order valence-corrected chi connectivity index (χ3v) is 3.94. The van der Waals surface area contributed by atoms with Gasteiger partial charge in [0.2, 0.25) is 0 Å². The summed E-state index contributed by atoms with van der Waals surface area (Å²) in [5.74, 6) is -5.48. The van der Waals surface area contributed by atoms with Crippen LogP contribution in [0.1, 0.15) is 43.7 Å². The first kappa shape index (κ1) is 18.0. The summed E-state index contributed by atoms with van der Waals surface area (Å²) in [5, 5.41) is 8.74. The fourth-order valence-corrected chi connectivity index (χ4v) is 2.59. The molecule has 0 unspecified atom stereocenters. The van der Waals surface area contributed by atoms with Gasteiger partial charge in [0.25, 0.3) is 0 Å². The first-order chi connectivity index (χ1) is 11.5. The minimum atomic E-state index is -1.40. The van der Waals surface area contributed by atoms with Crippen LogP contribution in [0.15, 0.2) is 24.3 Å². The Labute approximate surface area is 138 Å². The van der Waals surface area contributed by atoms with Gasteiger partial charge in [0.05, 0.1) is 17.2 Å². The van der Waals surface area contributed by atoms with Crippen LogP contribution in [-0.4, -0.2) is 0 Å². The number of benzene rings is 2. The Hall–Kier alpha value is -2.35. The van der Waals surface area contributed by atoms with Gasteiger partial charge < -0.3 is 0 Å². The first-order valence-electron chi connectivity index (χ1n) is 7.86. The molecule has 0 spiro atoms. The second-order valence-electron chi connectivity index (χ2n) is 5.61. The predicted octanol–water partition coefficient (Wildman–Crippen LogP) is 5.90. The topological polar surface area (TPSA) is 23.8 Å². The van der Waals surface area contributed by atoms with Crippen molar-refractivity contribution in [3.8, 4) is 17.2 Å². The van der Waals surface area contributed by atoms with E-state index in [4.69, 9.17) is 5.26 Å². The van der Waals surface area contributed by atoms with Gasteiger partial charge in [-0.2, -0.15) is 5.26 Å². The minimum Gasteiger partial charge on any atom is -0.203 e. The molecule has 2 aromatic carbocycles. The standard InChI is InChI=1S/C19H17F4N/c1-2-3-4-5-6-14-16(20)18(22)15(19(23)17(14)21)13-9-7-12(11-24)8-10-13/h7-10H,2-6H2,1H3. The van der Waals surface area contributed by atoms with Crippen LogP contribution in [-0.2, 0) is 6.42 Å². The maximum atomic E-state index is 14.3. The zero-order valence-corrected chi connectivity index (χ0v) is 13.3. The smallest absolute Gasteiger partial charge is 0.170 e. The van der Waals surface area contributed by atoms with Crippen molar-refractivity contribution in [2.45, 2.75) is 39.0 Å². The third kappa shape index (κ3) is 3.59. The number of unbranched alkanes of at least 4 members (excludes halogenated alkanes) is 3. The Kier molecular flexibility index (Phi) is 5.97. The molecular formula is C19H17F4N. The highest BCUT2D eigenvalue weighted by atomic mass is 19.2. The molecule has 24 heavy (non-hydrogen) atoms. The SMILES string of the molecule is CCCCCCc1c(F)c(F)c(-c2ccc(C#N)cc2)c(F)c1F. The van der Waals surface area contributed by atoms with Crippen LogP contribution in [0, 0.1) is 34.6 Å². The molecule has 0 saturated carbocycles. The maximum absolute atomic E-state index is 14.3. The maximum Gasteiger partial charge on any atom is 0.170 e. The Morgan fingerprint density at radius 3 is 1.92 bits per heavy atom. The summed E-state index contributed by atoms with van der Waals surface area (Å²) in [6.07, 6.45) is 3.02. The Morgan fingerprint density at radius 2 is 1.42 bits per heavy atom. The zero-order valence-electron chi connectivity index (χ0n) is 13.3. The second kappa shape index (κ2) is 7.96. The van der Waals surface area contributed by atoms with E-state index in [-0.39, 0.29) is 17.5 Å². The van der Waals surface area contributed by atoms with Crippen LogP contribution < -0.4 is 0 Å². The predicted molar refractivity (Wildman–Crippen MR) is 84.3 cm³/mol. The lowest BCUT2D eigenvalue weighted by atomic mass is 9.97. The van der Waals surface area contributed by atoms with Gasteiger partial charge in [0.15, 0.2) is 23.3 Å². The number of nitriles is 1. The molecule has 2 aromatic rings. The molecule has 0 bridgehead atoms. The molecule has 0 saturated heterocycles. The van der Waals surface area contributed by atoms with Crippen LogP contribution in [0.25, 0.3) is 11.1 Å². The molecule has 5 heteroatoms. The van der Waals surface area contributed by atoms with Crippen molar-refractivity contribution < 1.29 is 17.6 Å². The summed E-state index contributed by atoms with van der Waals surface area (Å²) in [6.45, 7) is 1.99. The number of hydrogen-bond acceptors (Lipinski definition) is 1. The molecule has 0 N–H and O–H groups in total. The van der Waals surface area contributed by atoms with Gasteiger partial charge >= 0.3 is 0 Å². The van der Waals surface area contributed by atoms with E-state index in [0.29, 0.717) is 6.42 Å². The normalized spacial score (nSPS) is 10.7. The van der Waals surface area contributed by atoms with Crippen molar-refractivity contribution in [1.82, 2.24) is 0 Å². The van der Waals surface area contributed by atoms with Gasteiger partial charge in [-0.25, -0.2) is 17.6 Å². The van der Waals surface area contributed by atoms with Crippen molar-refractivity contribution in [2.75, 3.05) is 0 Å². The molecule has 0 amide bonds. The number of halogens is 4. The number of rotatable bonds is 6. The molecule has 1 nitrogen and oxygen atoms in total. The Bertz CT molecular complexity index is 731. The lowest BCUT2D eigenvalue weighted by Crippen LogP contribution is -2.06. The molecule has 0 aliphatic carbocycles. The lowest BCUT2D eigenvalue weighted by molar-refractivity contribution is 0.440. The fraction of sp³-hybridized carbons (Fsp3) is 0.316. The second-order valence-corrected chi connectivity index (χ2v) is 5.61. The van der Waals surface area contributed by atoms with Crippen molar-refractivity contribution in [3.63, 3.8) is 0 Å². The first-order valence-corrected chi connectivity index (χ1v) is 7.86. The average molecular weight is 335 g/mol. The summed E-state index contributed by atoms with van der Waals surface area (Å²) in [5.41, 5.74) is -1.02. The van der Waals surface area contributed by atoms with Crippen LogP contribution in [0.3, 0.4) is 0 Å². The largest absolute Gasteiger partial charge is 0.203 e. The van der Waals surface area contributed by atoms with Gasteiger partial charge in [-0.1, -0.05) is 38.3 Å². The molecule has 126 valence electrons. The molecule has 0 fully saturated rings. The summed E-state index contributed by atoms with van der Waals surface area (Å²) >= 11 is 0. The highest BCUT2D eigenvalue weighted by Gasteiger charge is 2.25. The average Bonchev–Trinajstić information content (AvgIpc) is 2.60. The van der Waals surface area contributed by atoms with Gasteiger partial charge in [-0.05, 0) is 30.5 Å². The minimum absolute atomic E-state index is 0.0145. The van der Waals surface area contributed by atoms with Gasteiger partial charge in [0, 0.05) is 5.56 Å². The van der Waals surface area contributed by atoms with E-state index in [9.17, 15) is 17.6 Å². The van der Waals surface area contributed by atoms with Crippen molar-refractivity contribution in [1.29, 1.82) is 5.26 Å². The summed E-state index contributed by atoms with van der Waals surface area (Å²) in [7, 11) is 0. The van der Waals surface area contributed by atoms with E-state index in [1.807, 2.05) is 13.0 Å². The Balaban J connectivity index is 2.42. The molecule has 0 radical (unpaired) electrons. The van der Waals surface area contributed by atoms with Gasteiger partial charge in [0.1, 0.15) is 0 Å². The zero-order chi connectivity index (χ0) is 17.7. The highest BCUT2D eigenvalue weighted by Crippen LogP contribution is 2.33. The third-order valence-electron chi connectivity index (χ3n) is 3.94. The number of nitrogens with zero attached hydrogens (tertiary/aromatic N) is 1. The van der Waals surface area contributed by atoms with Crippen molar-refractivity contribution >= 4 is 0 Å². The monoisotopic (exact) mass is 335 g/mol. The summed E-state index contributed by atoms with van der Waals surface area (Å²) in [6, 6.07) is 7.06. The van der Waals surface area contributed by atoms with Crippen LogP contribution in [0.2, 0.25) is 0 Å². The van der Waals surface area contributed by atoms with E-state index in [0.717, 1.165) is 19.3 Å². The molecular weight excluding hydrogens is 318 g/mol.